The number of H-pyrrole nitrogens is 1. The van der Waals surface area contributed by atoms with Crippen molar-refractivity contribution >= 4 is 17.6 Å². The van der Waals surface area contributed by atoms with Crippen LogP contribution >= 0.6 is 0 Å². The molecule has 7 heteroatoms. The minimum atomic E-state index is -0.510. The molecular weight excluding hydrogens is 420 g/mol. The number of aliphatic imine (C=N–C) groups is 1. The number of nitrogens with zero attached hydrogens (tertiary/aromatic N) is 1. The van der Waals surface area contributed by atoms with E-state index >= 15 is 0 Å². The zero-order valence-electron chi connectivity index (χ0n) is 18.8. The molecule has 0 unspecified atom stereocenters. The van der Waals surface area contributed by atoms with Crippen molar-refractivity contribution < 1.29 is 24.2 Å². The van der Waals surface area contributed by atoms with Gasteiger partial charge in [0, 0.05) is 5.56 Å². The molecule has 3 aromatic rings. The van der Waals surface area contributed by atoms with Crippen molar-refractivity contribution in [3.8, 4) is 22.9 Å². The van der Waals surface area contributed by atoms with Gasteiger partial charge < -0.3 is 19.6 Å². The Morgan fingerprint density at radius 2 is 1.70 bits per heavy atom. The van der Waals surface area contributed by atoms with Gasteiger partial charge in [0.15, 0.2) is 5.88 Å². The van der Waals surface area contributed by atoms with E-state index in [1.165, 1.54) is 0 Å². The van der Waals surface area contributed by atoms with Crippen LogP contribution in [0, 0.1) is 5.41 Å². The van der Waals surface area contributed by atoms with Gasteiger partial charge >= 0.3 is 5.97 Å². The summed E-state index contributed by atoms with van der Waals surface area (Å²) < 4.78 is 10.9. The van der Waals surface area contributed by atoms with Crippen molar-refractivity contribution in [1.82, 2.24) is 4.98 Å². The number of benzene rings is 2. The third-order valence-corrected chi connectivity index (χ3v) is 5.86. The molecule has 0 fully saturated rings. The highest BCUT2D eigenvalue weighted by atomic mass is 16.6. The first-order valence-corrected chi connectivity index (χ1v) is 10.9. The molecule has 2 heterocycles. The first kappa shape index (κ1) is 22.3. The smallest absolute Gasteiger partial charge is 0.311 e. The predicted octanol–water partition coefficient (Wildman–Crippen LogP) is 4.74. The molecular formula is C26H26N2O5. The molecule has 0 spiro atoms. The Bertz CT molecular complexity index is 1210. The number of nitrogens with one attached hydrogen (secondary N) is 1. The summed E-state index contributed by atoms with van der Waals surface area (Å²) in [5, 5.41) is 10.5. The van der Waals surface area contributed by atoms with E-state index in [1.807, 2.05) is 51.1 Å². The molecule has 2 aromatic carbocycles. The second kappa shape index (κ2) is 8.94. The molecule has 33 heavy (non-hydrogen) atoms. The number of aromatic amines is 1. The topological polar surface area (TPSA) is 101 Å². The van der Waals surface area contributed by atoms with Gasteiger partial charge in [-0.2, -0.15) is 0 Å². The van der Waals surface area contributed by atoms with E-state index in [1.54, 1.807) is 24.3 Å². The number of hydrogen-bond acceptors (Lipinski definition) is 5. The third-order valence-electron chi connectivity index (χ3n) is 5.86. The average molecular weight is 447 g/mol. The SMILES string of the molecule is CCC(C)(C)C(=O)OCCOc1ccc(C2=NC(=O)c3c(-c4ccccc4)[nH]c(O)c32)cc1. The fraction of sp³-hybridized carbons (Fsp3) is 0.269. The van der Waals surface area contributed by atoms with Crippen molar-refractivity contribution in [3.05, 3.63) is 71.3 Å². The maximum atomic E-state index is 12.7. The quantitative estimate of drug-likeness (QED) is 0.385. The number of ether oxygens (including phenoxy) is 2. The predicted molar refractivity (Wildman–Crippen MR) is 125 cm³/mol. The highest BCUT2D eigenvalue weighted by Gasteiger charge is 2.33. The molecule has 0 bridgehead atoms. The maximum absolute atomic E-state index is 12.7. The Labute approximate surface area is 192 Å². The number of fused-ring (bicyclic) bond motifs is 1. The largest absolute Gasteiger partial charge is 0.494 e. The molecule has 1 amide bonds. The van der Waals surface area contributed by atoms with Gasteiger partial charge in [0.1, 0.15) is 19.0 Å². The van der Waals surface area contributed by atoms with Crippen molar-refractivity contribution in [1.29, 1.82) is 0 Å². The number of carbonyl (C=O) groups is 2. The van der Waals surface area contributed by atoms with Crippen molar-refractivity contribution in [2.24, 2.45) is 10.4 Å². The Morgan fingerprint density at radius 1 is 1.00 bits per heavy atom. The van der Waals surface area contributed by atoms with Gasteiger partial charge in [-0.1, -0.05) is 37.3 Å². The van der Waals surface area contributed by atoms with Crippen LogP contribution in [0.5, 0.6) is 11.6 Å². The minimum absolute atomic E-state index is 0.0920. The van der Waals surface area contributed by atoms with Gasteiger partial charge in [0.05, 0.1) is 27.9 Å². The Balaban J connectivity index is 1.45. The first-order valence-electron chi connectivity index (χ1n) is 10.9. The van der Waals surface area contributed by atoms with Crippen LogP contribution in [0.1, 0.15) is 48.7 Å². The summed E-state index contributed by atoms with van der Waals surface area (Å²) >= 11 is 0. The normalized spacial score (nSPS) is 12.9. The first-order chi connectivity index (χ1) is 15.8. The highest BCUT2D eigenvalue weighted by Crippen LogP contribution is 2.38. The molecule has 1 aliphatic heterocycles. The van der Waals surface area contributed by atoms with E-state index in [2.05, 4.69) is 9.98 Å². The standard InChI is InChI=1S/C26H26N2O5/c1-4-26(2,3)25(31)33-15-14-32-18-12-10-17(11-13-18)22-20-19(23(29)28-22)21(27-24(20)30)16-8-6-5-7-9-16/h5-13,27,30H,4,14-15H2,1-3H3. The summed E-state index contributed by atoms with van der Waals surface area (Å²) in [5.41, 5.74) is 2.69. The minimum Gasteiger partial charge on any atom is -0.494 e. The number of hydrogen-bond donors (Lipinski definition) is 2. The number of esters is 1. The summed E-state index contributed by atoms with van der Waals surface area (Å²) in [6.45, 7) is 6.03. The summed E-state index contributed by atoms with van der Waals surface area (Å²) in [6.07, 6.45) is 0.700. The van der Waals surface area contributed by atoms with Gasteiger partial charge in [-0.25, -0.2) is 4.99 Å². The van der Waals surface area contributed by atoms with Crippen LogP contribution in [-0.4, -0.2) is 40.9 Å². The molecule has 0 saturated heterocycles. The van der Waals surface area contributed by atoms with Crippen LogP contribution < -0.4 is 4.74 Å². The van der Waals surface area contributed by atoms with Crippen LogP contribution in [0.15, 0.2) is 59.6 Å². The van der Waals surface area contributed by atoms with Crippen LogP contribution in [0.25, 0.3) is 11.3 Å². The molecule has 2 N–H and O–H groups in total. The second-order valence-electron chi connectivity index (χ2n) is 8.48. The van der Waals surface area contributed by atoms with Crippen LogP contribution in [-0.2, 0) is 9.53 Å². The van der Waals surface area contributed by atoms with Gasteiger partial charge in [-0.3, -0.25) is 9.59 Å². The average Bonchev–Trinajstić information content (AvgIpc) is 3.35. The Morgan fingerprint density at radius 3 is 2.36 bits per heavy atom. The lowest BCUT2D eigenvalue weighted by Crippen LogP contribution is -2.27. The van der Waals surface area contributed by atoms with Crippen LogP contribution in [0.4, 0.5) is 0 Å². The number of amides is 1. The maximum Gasteiger partial charge on any atom is 0.311 e. The molecule has 170 valence electrons. The third kappa shape index (κ3) is 4.39. The van der Waals surface area contributed by atoms with Crippen molar-refractivity contribution in [3.63, 3.8) is 0 Å². The summed E-state index contributed by atoms with van der Waals surface area (Å²) in [5.74, 6) is -0.138. The van der Waals surface area contributed by atoms with Gasteiger partial charge in [0.25, 0.3) is 5.91 Å². The summed E-state index contributed by atoms with van der Waals surface area (Å²) in [7, 11) is 0. The van der Waals surface area contributed by atoms with Gasteiger partial charge in [-0.05, 0) is 50.1 Å². The molecule has 0 aliphatic carbocycles. The molecule has 1 aliphatic rings. The van der Waals surface area contributed by atoms with Crippen molar-refractivity contribution in [2.45, 2.75) is 27.2 Å². The summed E-state index contributed by atoms with van der Waals surface area (Å²) in [6, 6.07) is 16.4. The lowest BCUT2D eigenvalue weighted by atomic mass is 9.91. The van der Waals surface area contributed by atoms with Crippen LogP contribution in [0.3, 0.4) is 0 Å². The summed E-state index contributed by atoms with van der Waals surface area (Å²) in [4.78, 5) is 31.8. The van der Waals surface area contributed by atoms with E-state index < -0.39 is 11.3 Å². The van der Waals surface area contributed by atoms with Gasteiger partial charge in [0.2, 0.25) is 0 Å². The molecule has 0 saturated carbocycles. The molecule has 7 nitrogen and oxygen atoms in total. The highest BCUT2D eigenvalue weighted by molar-refractivity contribution is 6.30. The van der Waals surface area contributed by atoms with Gasteiger partial charge in [-0.15, -0.1) is 0 Å². The molecule has 0 radical (unpaired) electrons. The van der Waals surface area contributed by atoms with E-state index in [9.17, 15) is 14.7 Å². The number of rotatable bonds is 8. The fourth-order valence-corrected chi connectivity index (χ4v) is 3.52. The number of aromatic hydroxyl groups is 1. The molecule has 1 aromatic heterocycles. The zero-order chi connectivity index (χ0) is 23.6. The van der Waals surface area contributed by atoms with E-state index in [0.29, 0.717) is 40.3 Å². The van der Waals surface area contributed by atoms with E-state index in [-0.39, 0.29) is 25.1 Å². The monoisotopic (exact) mass is 446 g/mol. The lowest BCUT2D eigenvalue weighted by molar-refractivity contribution is -0.154. The fourth-order valence-electron chi connectivity index (χ4n) is 3.52. The van der Waals surface area contributed by atoms with E-state index in [4.69, 9.17) is 9.47 Å². The van der Waals surface area contributed by atoms with Crippen molar-refractivity contribution in [2.75, 3.05) is 13.2 Å². The number of aromatic nitrogens is 1. The zero-order valence-corrected chi connectivity index (χ0v) is 18.8. The number of carbonyl (C=O) groups excluding carboxylic acids is 2. The molecule has 0 atom stereocenters. The Kier molecular flexibility index (Phi) is 6.05. The van der Waals surface area contributed by atoms with E-state index in [0.717, 1.165) is 5.56 Å². The lowest BCUT2D eigenvalue weighted by Gasteiger charge is -2.20. The Hall–Kier alpha value is -3.87. The second-order valence-corrected chi connectivity index (χ2v) is 8.48. The van der Waals surface area contributed by atoms with Crippen LogP contribution in [0.2, 0.25) is 0 Å². The molecule has 4 rings (SSSR count).